The van der Waals surface area contributed by atoms with Gasteiger partial charge in [-0.1, -0.05) is 0 Å². The molecule has 3 aliphatic heterocycles. The topological polar surface area (TPSA) is 82.1 Å². The minimum Gasteiger partial charge on any atom is -0.461 e. The van der Waals surface area contributed by atoms with Gasteiger partial charge in [-0.25, -0.2) is 0 Å². The largest absolute Gasteiger partial charge is 0.461 e. The summed E-state index contributed by atoms with van der Waals surface area (Å²) in [6.45, 7) is 2.20. The molecule has 0 amide bonds. The lowest BCUT2D eigenvalue weighted by Crippen LogP contribution is -2.64. The normalized spacial score (nSPS) is 43.1. The van der Waals surface area contributed by atoms with Crippen LogP contribution in [-0.4, -0.2) is 56.2 Å². The number of nitrogens with zero attached hydrogens (tertiary/aromatic N) is 1. The Morgan fingerprint density at radius 2 is 2.20 bits per heavy atom. The lowest BCUT2D eigenvalue weighted by atomic mass is 9.78. The van der Waals surface area contributed by atoms with Gasteiger partial charge >= 0.3 is 16.3 Å². The van der Waals surface area contributed by atoms with Crippen LogP contribution in [0.5, 0.6) is 0 Å². The van der Waals surface area contributed by atoms with Crippen LogP contribution in [-0.2, 0) is 28.8 Å². The second kappa shape index (κ2) is 4.94. The van der Waals surface area contributed by atoms with Crippen LogP contribution < -0.4 is 0 Å². The number of piperidine rings is 1. The monoisotopic (exact) mass is 305 g/mol. The van der Waals surface area contributed by atoms with Crippen LogP contribution in [0, 0.1) is 0 Å². The van der Waals surface area contributed by atoms with Crippen LogP contribution in [0.3, 0.4) is 0 Å². The third-order valence-corrected chi connectivity index (χ3v) is 5.74. The summed E-state index contributed by atoms with van der Waals surface area (Å²) in [6, 6.07) is -0.212. The SMILES string of the molecule is CC(=O)O[C@@H]1CN2[C@@H]3CCCO[C@]3(CCOS2(=O)=O)C1. The highest BCUT2D eigenvalue weighted by atomic mass is 32.2. The Labute approximate surface area is 118 Å². The zero-order valence-electron chi connectivity index (χ0n) is 11.4. The molecule has 0 aliphatic carbocycles. The van der Waals surface area contributed by atoms with Crippen LogP contribution in [0.25, 0.3) is 0 Å². The van der Waals surface area contributed by atoms with Gasteiger partial charge in [0.05, 0.1) is 24.8 Å². The Kier molecular flexibility index (Phi) is 3.52. The number of hydrogen-bond acceptors (Lipinski definition) is 6. The average Bonchev–Trinajstić information content (AvgIpc) is 2.42. The van der Waals surface area contributed by atoms with Crippen LogP contribution in [0.4, 0.5) is 0 Å². The number of carbonyl (C=O) groups is 1. The molecule has 4 atom stereocenters. The molecule has 114 valence electrons. The number of ether oxygens (including phenoxy) is 2. The molecule has 0 radical (unpaired) electrons. The van der Waals surface area contributed by atoms with Gasteiger partial charge in [-0.05, 0) is 12.8 Å². The van der Waals surface area contributed by atoms with E-state index in [-0.39, 0.29) is 19.2 Å². The van der Waals surface area contributed by atoms with Crippen molar-refractivity contribution in [1.82, 2.24) is 4.31 Å². The van der Waals surface area contributed by atoms with Crippen LogP contribution in [0.15, 0.2) is 0 Å². The van der Waals surface area contributed by atoms with E-state index in [4.69, 9.17) is 13.7 Å². The van der Waals surface area contributed by atoms with Crippen molar-refractivity contribution in [1.29, 1.82) is 0 Å². The third-order valence-electron chi connectivity index (χ3n) is 4.30. The highest BCUT2D eigenvalue weighted by Crippen LogP contribution is 2.43. The molecule has 8 heteroatoms. The van der Waals surface area contributed by atoms with Crippen LogP contribution >= 0.6 is 0 Å². The van der Waals surface area contributed by atoms with Crippen molar-refractivity contribution in [2.24, 2.45) is 0 Å². The quantitative estimate of drug-likeness (QED) is 0.644. The van der Waals surface area contributed by atoms with Gasteiger partial charge in [-0.2, -0.15) is 12.7 Å². The fourth-order valence-corrected chi connectivity index (χ4v) is 4.97. The Morgan fingerprint density at radius 3 is 2.95 bits per heavy atom. The maximum absolute atomic E-state index is 12.2. The first-order valence-electron chi connectivity index (χ1n) is 6.90. The molecule has 1 unspecified atom stereocenters. The zero-order valence-corrected chi connectivity index (χ0v) is 12.2. The fraction of sp³-hybridized carbons (Fsp3) is 0.917. The van der Waals surface area contributed by atoms with Crippen LogP contribution in [0.1, 0.15) is 32.6 Å². The Hall–Kier alpha value is -0.700. The van der Waals surface area contributed by atoms with Gasteiger partial charge < -0.3 is 9.47 Å². The zero-order chi connectivity index (χ0) is 14.4. The third kappa shape index (κ3) is 2.34. The second-order valence-corrected chi connectivity index (χ2v) is 7.17. The van der Waals surface area contributed by atoms with E-state index in [9.17, 15) is 13.2 Å². The summed E-state index contributed by atoms with van der Waals surface area (Å²) >= 11 is 0. The molecular weight excluding hydrogens is 286 g/mol. The van der Waals surface area contributed by atoms with Crippen molar-refractivity contribution in [2.45, 2.75) is 50.4 Å². The molecule has 0 spiro atoms. The first-order valence-corrected chi connectivity index (χ1v) is 8.27. The summed E-state index contributed by atoms with van der Waals surface area (Å²) in [5.41, 5.74) is -0.583. The highest BCUT2D eigenvalue weighted by Gasteiger charge is 2.56. The van der Waals surface area contributed by atoms with Crippen molar-refractivity contribution >= 4 is 16.3 Å². The van der Waals surface area contributed by atoms with Gasteiger partial charge in [0.25, 0.3) is 0 Å². The summed E-state index contributed by atoms with van der Waals surface area (Å²) in [5.74, 6) is -0.406. The molecule has 0 aromatic heterocycles. The van der Waals surface area contributed by atoms with E-state index in [0.717, 1.165) is 12.8 Å². The van der Waals surface area contributed by atoms with Gasteiger partial charge in [-0.15, -0.1) is 0 Å². The van der Waals surface area contributed by atoms with E-state index >= 15 is 0 Å². The first-order chi connectivity index (χ1) is 9.43. The van der Waals surface area contributed by atoms with Gasteiger partial charge in [0.15, 0.2) is 0 Å². The Morgan fingerprint density at radius 1 is 1.40 bits per heavy atom. The molecule has 20 heavy (non-hydrogen) atoms. The van der Waals surface area contributed by atoms with E-state index in [1.807, 2.05) is 0 Å². The van der Waals surface area contributed by atoms with E-state index in [0.29, 0.717) is 19.4 Å². The van der Waals surface area contributed by atoms with Crippen molar-refractivity contribution in [3.63, 3.8) is 0 Å². The van der Waals surface area contributed by atoms with E-state index in [2.05, 4.69) is 0 Å². The minimum absolute atomic E-state index is 0.113. The van der Waals surface area contributed by atoms with Crippen molar-refractivity contribution < 1.29 is 26.9 Å². The van der Waals surface area contributed by atoms with Gasteiger partial charge in [-0.3, -0.25) is 8.98 Å². The summed E-state index contributed by atoms with van der Waals surface area (Å²) in [6.07, 6.45) is 2.16. The molecular formula is C12H19NO6S. The number of carbonyl (C=O) groups excluding carboxylic acids is 1. The molecule has 0 aromatic carbocycles. The average molecular weight is 305 g/mol. The smallest absolute Gasteiger partial charge is 0.338 e. The Bertz CT molecular complexity index is 506. The summed E-state index contributed by atoms with van der Waals surface area (Å²) in [7, 11) is -3.77. The molecule has 0 aromatic rings. The van der Waals surface area contributed by atoms with Crippen LogP contribution in [0.2, 0.25) is 0 Å². The summed E-state index contributed by atoms with van der Waals surface area (Å²) in [5, 5.41) is 0. The number of hydrogen-bond donors (Lipinski definition) is 0. The number of rotatable bonds is 1. The Balaban J connectivity index is 1.96. The standard InChI is InChI=1S/C12H19NO6S/c1-9(14)19-10-7-12-4-6-18-20(15,16)13(8-10)11(12)3-2-5-17-12/h10-11H,2-8H2,1H3/t10-,11+,12+/m0/s1. The predicted octanol–water partition coefficient (Wildman–Crippen LogP) is 0.207. The van der Waals surface area contributed by atoms with Gasteiger partial charge in [0.2, 0.25) is 0 Å². The molecule has 3 fully saturated rings. The molecule has 0 N–H and O–H groups in total. The van der Waals surface area contributed by atoms with Crippen molar-refractivity contribution in [2.75, 3.05) is 19.8 Å². The fourth-order valence-electron chi connectivity index (χ4n) is 3.58. The molecule has 3 saturated heterocycles. The molecule has 7 nitrogen and oxygen atoms in total. The summed E-state index contributed by atoms with van der Waals surface area (Å²) in [4.78, 5) is 11.2. The maximum Gasteiger partial charge on any atom is 0.338 e. The van der Waals surface area contributed by atoms with E-state index in [1.165, 1.54) is 11.2 Å². The minimum atomic E-state index is -3.77. The predicted molar refractivity (Wildman–Crippen MR) is 68.1 cm³/mol. The van der Waals surface area contributed by atoms with E-state index < -0.39 is 28.0 Å². The van der Waals surface area contributed by atoms with E-state index in [1.54, 1.807) is 0 Å². The summed E-state index contributed by atoms with van der Waals surface area (Å²) < 4.78 is 41.9. The van der Waals surface area contributed by atoms with Gasteiger partial charge in [0.1, 0.15) is 6.10 Å². The maximum atomic E-state index is 12.2. The lowest BCUT2D eigenvalue weighted by molar-refractivity contribution is -0.179. The van der Waals surface area contributed by atoms with Gasteiger partial charge in [0, 0.05) is 26.4 Å². The first kappa shape index (κ1) is 14.2. The van der Waals surface area contributed by atoms with Crippen molar-refractivity contribution in [3.8, 4) is 0 Å². The molecule has 0 saturated carbocycles. The molecule has 3 rings (SSSR count). The highest BCUT2D eigenvalue weighted by molar-refractivity contribution is 7.84. The molecule has 3 heterocycles. The second-order valence-electron chi connectivity index (χ2n) is 5.61. The molecule has 2 bridgehead atoms. The number of esters is 1. The molecule has 3 aliphatic rings. The van der Waals surface area contributed by atoms with Crippen molar-refractivity contribution in [3.05, 3.63) is 0 Å². The lowest BCUT2D eigenvalue weighted by Gasteiger charge is -2.51.